The van der Waals surface area contributed by atoms with Gasteiger partial charge in [-0.05, 0) is 48.4 Å². The predicted molar refractivity (Wildman–Crippen MR) is 94.3 cm³/mol. The van der Waals surface area contributed by atoms with Crippen LogP contribution >= 0.6 is 0 Å². The molecule has 3 rings (SSSR count). The molecule has 6 nitrogen and oxygen atoms in total. The normalized spacial score (nSPS) is 16.2. The fourth-order valence-corrected chi connectivity index (χ4v) is 2.47. The highest BCUT2D eigenvalue weighted by atomic mass is 16.6. The minimum Gasteiger partial charge on any atom is -0.497 e. The summed E-state index contributed by atoms with van der Waals surface area (Å²) in [4.78, 5) is 12.3. The SMILES string of the molecule is CC/C(=N/NC(=O)[C@@H]1COc2ccccc2O1)c1ccc(OC)cc1. The number of hydrogen-bond acceptors (Lipinski definition) is 5. The molecule has 1 aliphatic heterocycles. The third kappa shape index (κ3) is 3.91. The number of nitrogens with one attached hydrogen (secondary N) is 1. The fourth-order valence-electron chi connectivity index (χ4n) is 2.47. The molecule has 0 bridgehead atoms. The van der Waals surface area contributed by atoms with Gasteiger partial charge in [0.05, 0.1) is 12.8 Å². The van der Waals surface area contributed by atoms with E-state index in [1.54, 1.807) is 19.2 Å². The van der Waals surface area contributed by atoms with Gasteiger partial charge >= 0.3 is 0 Å². The molecule has 2 aromatic carbocycles. The number of carbonyl (C=O) groups excluding carboxylic acids is 1. The van der Waals surface area contributed by atoms with E-state index in [1.165, 1.54) is 0 Å². The number of amides is 1. The van der Waals surface area contributed by atoms with E-state index in [1.807, 2.05) is 43.3 Å². The largest absolute Gasteiger partial charge is 0.497 e. The van der Waals surface area contributed by atoms with Gasteiger partial charge in [-0.25, -0.2) is 5.43 Å². The predicted octanol–water partition coefficient (Wildman–Crippen LogP) is 2.77. The van der Waals surface area contributed by atoms with Crippen LogP contribution in [0.4, 0.5) is 0 Å². The number of nitrogens with zero attached hydrogens (tertiary/aromatic N) is 1. The summed E-state index contributed by atoms with van der Waals surface area (Å²) in [5, 5.41) is 4.24. The highest BCUT2D eigenvalue weighted by molar-refractivity contribution is 6.01. The number of methoxy groups -OCH3 is 1. The van der Waals surface area contributed by atoms with Crippen LogP contribution < -0.4 is 19.6 Å². The van der Waals surface area contributed by atoms with Gasteiger partial charge in [0.1, 0.15) is 12.4 Å². The lowest BCUT2D eigenvalue weighted by molar-refractivity contribution is -0.130. The summed E-state index contributed by atoms with van der Waals surface area (Å²) in [6.07, 6.45) is -0.0510. The maximum atomic E-state index is 12.3. The van der Waals surface area contributed by atoms with Crippen molar-refractivity contribution in [3.63, 3.8) is 0 Å². The number of hydrazone groups is 1. The summed E-state index contributed by atoms with van der Waals surface area (Å²) in [6, 6.07) is 14.8. The lowest BCUT2D eigenvalue weighted by Gasteiger charge is -2.24. The number of rotatable bonds is 5. The number of hydrogen-bond donors (Lipinski definition) is 1. The average molecular weight is 340 g/mol. The molecule has 1 amide bonds. The topological polar surface area (TPSA) is 69.2 Å². The highest BCUT2D eigenvalue weighted by Crippen LogP contribution is 2.30. The van der Waals surface area contributed by atoms with Gasteiger partial charge < -0.3 is 14.2 Å². The Balaban J connectivity index is 1.66. The molecular formula is C19H20N2O4. The van der Waals surface area contributed by atoms with Crippen molar-refractivity contribution in [2.45, 2.75) is 19.4 Å². The molecule has 6 heteroatoms. The van der Waals surface area contributed by atoms with E-state index >= 15 is 0 Å². The summed E-state index contributed by atoms with van der Waals surface area (Å²) in [5.41, 5.74) is 4.27. The molecule has 1 N–H and O–H groups in total. The summed E-state index contributed by atoms with van der Waals surface area (Å²) in [5.74, 6) is 1.63. The van der Waals surface area contributed by atoms with Gasteiger partial charge in [0.15, 0.2) is 11.5 Å². The third-order valence-corrected chi connectivity index (χ3v) is 3.86. The summed E-state index contributed by atoms with van der Waals surface area (Å²) in [6.45, 7) is 2.13. The van der Waals surface area contributed by atoms with Crippen LogP contribution in [0.2, 0.25) is 0 Å². The van der Waals surface area contributed by atoms with Crippen LogP contribution in [-0.2, 0) is 4.79 Å². The second-order valence-electron chi connectivity index (χ2n) is 5.48. The molecule has 1 heterocycles. The van der Waals surface area contributed by atoms with Crippen molar-refractivity contribution < 1.29 is 19.0 Å². The molecule has 2 aromatic rings. The minimum absolute atomic E-state index is 0.155. The van der Waals surface area contributed by atoms with Gasteiger partial charge in [0, 0.05) is 0 Å². The van der Waals surface area contributed by atoms with Crippen LogP contribution in [0, 0.1) is 0 Å². The Hall–Kier alpha value is -3.02. The Bertz CT molecular complexity index is 771. The number of para-hydroxylation sites is 2. The maximum absolute atomic E-state index is 12.3. The van der Waals surface area contributed by atoms with Gasteiger partial charge in [-0.2, -0.15) is 5.10 Å². The second-order valence-corrected chi connectivity index (χ2v) is 5.48. The molecule has 130 valence electrons. The van der Waals surface area contributed by atoms with Crippen molar-refractivity contribution in [3.05, 3.63) is 54.1 Å². The van der Waals surface area contributed by atoms with Gasteiger partial charge in [0.25, 0.3) is 5.91 Å². The van der Waals surface area contributed by atoms with E-state index in [9.17, 15) is 4.79 Å². The lowest BCUT2D eigenvalue weighted by Crippen LogP contribution is -2.42. The van der Waals surface area contributed by atoms with Crippen molar-refractivity contribution in [1.29, 1.82) is 0 Å². The van der Waals surface area contributed by atoms with E-state index in [2.05, 4.69) is 10.5 Å². The number of benzene rings is 2. The summed E-state index contributed by atoms with van der Waals surface area (Å²) < 4.78 is 16.4. The van der Waals surface area contributed by atoms with Crippen LogP contribution in [-0.4, -0.2) is 31.4 Å². The van der Waals surface area contributed by atoms with Gasteiger partial charge in [-0.3, -0.25) is 4.79 Å². The molecule has 0 fully saturated rings. The maximum Gasteiger partial charge on any atom is 0.284 e. The molecule has 1 aliphatic rings. The Morgan fingerprint density at radius 1 is 1.20 bits per heavy atom. The molecule has 0 aliphatic carbocycles. The molecular weight excluding hydrogens is 320 g/mol. The van der Waals surface area contributed by atoms with E-state index in [4.69, 9.17) is 14.2 Å². The molecule has 1 atom stereocenters. The number of carbonyl (C=O) groups is 1. The first-order valence-corrected chi connectivity index (χ1v) is 8.10. The standard InChI is InChI=1S/C19H20N2O4/c1-3-15(13-8-10-14(23-2)11-9-13)20-21-19(22)18-12-24-16-6-4-5-7-17(16)25-18/h4-11,18H,3,12H2,1-2H3,(H,21,22)/b20-15-/t18-/m0/s1. The molecule has 0 saturated carbocycles. The Morgan fingerprint density at radius 3 is 2.60 bits per heavy atom. The van der Waals surface area contributed by atoms with Crippen molar-refractivity contribution in [2.75, 3.05) is 13.7 Å². The Morgan fingerprint density at radius 2 is 1.92 bits per heavy atom. The first-order valence-electron chi connectivity index (χ1n) is 8.10. The van der Waals surface area contributed by atoms with Crippen molar-refractivity contribution >= 4 is 11.6 Å². The molecule has 0 radical (unpaired) electrons. The number of fused-ring (bicyclic) bond motifs is 1. The second kappa shape index (κ2) is 7.70. The lowest BCUT2D eigenvalue weighted by atomic mass is 10.1. The van der Waals surface area contributed by atoms with Crippen molar-refractivity contribution in [1.82, 2.24) is 5.43 Å². The summed E-state index contributed by atoms with van der Waals surface area (Å²) >= 11 is 0. The van der Waals surface area contributed by atoms with Crippen LogP contribution in [0.15, 0.2) is 53.6 Å². The van der Waals surface area contributed by atoms with Crippen molar-refractivity contribution in [2.24, 2.45) is 5.10 Å². The van der Waals surface area contributed by atoms with Gasteiger partial charge in [-0.1, -0.05) is 19.1 Å². The Kier molecular flexibility index (Phi) is 5.18. The molecule has 25 heavy (non-hydrogen) atoms. The van der Waals surface area contributed by atoms with Gasteiger partial charge in [0.2, 0.25) is 6.10 Å². The molecule has 0 spiro atoms. The summed E-state index contributed by atoms with van der Waals surface area (Å²) in [7, 11) is 1.62. The first-order chi connectivity index (χ1) is 12.2. The highest BCUT2D eigenvalue weighted by Gasteiger charge is 2.27. The Labute approximate surface area is 146 Å². The van der Waals surface area contributed by atoms with Gasteiger partial charge in [-0.15, -0.1) is 0 Å². The monoisotopic (exact) mass is 340 g/mol. The van der Waals surface area contributed by atoms with E-state index in [-0.39, 0.29) is 12.5 Å². The van der Waals surface area contributed by atoms with E-state index in [0.717, 1.165) is 17.0 Å². The van der Waals surface area contributed by atoms with E-state index < -0.39 is 6.10 Å². The van der Waals surface area contributed by atoms with Crippen LogP contribution in [0.1, 0.15) is 18.9 Å². The van der Waals surface area contributed by atoms with Crippen LogP contribution in [0.3, 0.4) is 0 Å². The minimum atomic E-state index is -0.729. The molecule has 0 aromatic heterocycles. The first kappa shape index (κ1) is 16.8. The third-order valence-electron chi connectivity index (χ3n) is 3.86. The quantitative estimate of drug-likeness (QED) is 0.671. The molecule has 0 unspecified atom stereocenters. The zero-order valence-electron chi connectivity index (χ0n) is 14.2. The van der Waals surface area contributed by atoms with Crippen LogP contribution in [0.25, 0.3) is 0 Å². The average Bonchev–Trinajstić information content (AvgIpc) is 2.68. The molecule has 0 saturated heterocycles. The number of ether oxygens (including phenoxy) is 3. The zero-order valence-corrected chi connectivity index (χ0v) is 14.2. The zero-order chi connectivity index (χ0) is 17.6. The van der Waals surface area contributed by atoms with Crippen molar-refractivity contribution in [3.8, 4) is 17.2 Å². The smallest absolute Gasteiger partial charge is 0.284 e. The fraction of sp³-hybridized carbons (Fsp3) is 0.263. The van der Waals surface area contributed by atoms with Crippen LogP contribution in [0.5, 0.6) is 17.2 Å². The van der Waals surface area contributed by atoms with E-state index in [0.29, 0.717) is 17.9 Å².